The molecule has 0 bridgehead atoms. The molecule has 2 aromatic carbocycles. The summed E-state index contributed by atoms with van der Waals surface area (Å²) in [5.41, 5.74) is 1.29. The van der Waals surface area contributed by atoms with E-state index in [4.69, 9.17) is 4.74 Å². The predicted octanol–water partition coefficient (Wildman–Crippen LogP) is 1.93. The van der Waals surface area contributed by atoms with Crippen molar-refractivity contribution in [2.45, 2.75) is 12.1 Å². The fourth-order valence-corrected chi connectivity index (χ4v) is 4.76. The van der Waals surface area contributed by atoms with Gasteiger partial charge in [0, 0.05) is 24.7 Å². The highest BCUT2D eigenvalue weighted by atomic mass is 32.1. The quantitative estimate of drug-likeness (QED) is 0.404. The van der Waals surface area contributed by atoms with E-state index in [0.29, 0.717) is 23.4 Å². The Labute approximate surface area is 193 Å². The number of benzene rings is 2. The van der Waals surface area contributed by atoms with E-state index in [1.807, 2.05) is 18.2 Å². The Bertz CT molecular complexity index is 1390. The lowest BCUT2D eigenvalue weighted by Gasteiger charge is -2.26. The van der Waals surface area contributed by atoms with Crippen LogP contribution in [0.3, 0.4) is 0 Å². The van der Waals surface area contributed by atoms with Gasteiger partial charge in [-0.3, -0.25) is 14.9 Å². The molecule has 0 unspecified atom stereocenters. The zero-order valence-corrected chi connectivity index (χ0v) is 18.6. The van der Waals surface area contributed by atoms with Crippen molar-refractivity contribution in [1.82, 2.24) is 20.5 Å². The van der Waals surface area contributed by atoms with Crippen molar-refractivity contribution in [3.63, 3.8) is 0 Å². The minimum absolute atomic E-state index is 0.0832. The van der Waals surface area contributed by atoms with E-state index in [9.17, 15) is 14.4 Å². The van der Waals surface area contributed by atoms with Gasteiger partial charge in [0.2, 0.25) is 5.54 Å². The van der Waals surface area contributed by atoms with Crippen LogP contribution in [0.15, 0.2) is 36.4 Å². The molecule has 9 nitrogen and oxygen atoms in total. The molecule has 0 saturated carbocycles. The molecule has 5 rings (SSSR count). The van der Waals surface area contributed by atoms with Crippen molar-refractivity contribution < 1.29 is 19.1 Å². The second-order valence-electron chi connectivity index (χ2n) is 7.70. The molecule has 3 N–H and O–H groups in total. The van der Waals surface area contributed by atoms with Gasteiger partial charge in [-0.25, -0.2) is 9.78 Å². The Kier molecular flexibility index (Phi) is 4.91. The number of nitrogens with one attached hydrogen (secondary N) is 3. The number of carbonyl (C=O) groups excluding carboxylic acids is 3. The molecule has 2 aliphatic rings. The summed E-state index contributed by atoms with van der Waals surface area (Å²) in [6.45, 7) is 0.227. The van der Waals surface area contributed by atoms with Gasteiger partial charge in [0.15, 0.2) is 5.13 Å². The lowest BCUT2D eigenvalue weighted by molar-refractivity contribution is -0.122. The fraction of sp³-hybridized carbons (Fsp3) is 0.217. The van der Waals surface area contributed by atoms with Crippen molar-refractivity contribution in [2.24, 2.45) is 0 Å². The van der Waals surface area contributed by atoms with Gasteiger partial charge in [0.05, 0.1) is 23.9 Å². The summed E-state index contributed by atoms with van der Waals surface area (Å²) >= 11 is 1.49. The normalized spacial score (nSPS) is 19.1. The van der Waals surface area contributed by atoms with E-state index in [2.05, 4.69) is 32.8 Å². The number of ether oxygens (including phenoxy) is 1. The number of anilines is 1. The third kappa shape index (κ3) is 3.62. The molecule has 1 fully saturated rings. The topological polar surface area (TPSA) is 113 Å². The number of carbonyl (C=O) groups is 3. The van der Waals surface area contributed by atoms with Gasteiger partial charge >= 0.3 is 6.03 Å². The van der Waals surface area contributed by atoms with Crippen molar-refractivity contribution in [3.05, 3.63) is 53.1 Å². The number of methoxy groups -OCH3 is 1. The van der Waals surface area contributed by atoms with Crippen LogP contribution >= 0.6 is 11.3 Å². The van der Waals surface area contributed by atoms with Gasteiger partial charge in [0.1, 0.15) is 5.75 Å². The number of aromatic nitrogens is 1. The van der Waals surface area contributed by atoms with Crippen LogP contribution in [0.25, 0.3) is 10.2 Å². The average molecular weight is 462 g/mol. The van der Waals surface area contributed by atoms with Crippen LogP contribution in [0.1, 0.15) is 21.5 Å². The van der Waals surface area contributed by atoms with Crippen LogP contribution < -0.4 is 20.7 Å². The first kappa shape index (κ1) is 20.8. The molecular formula is C23H19N5O4S. The van der Waals surface area contributed by atoms with Crippen molar-refractivity contribution in [2.75, 3.05) is 26.0 Å². The Balaban J connectivity index is 1.46. The van der Waals surface area contributed by atoms with Crippen LogP contribution in [-0.2, 0) is 11.3 Å². The highest BCUT2D eigenvalue weighted by Gasteiger charge is 2.48. The highest BCUT2D eigenvalue weighted by Crippen LogP contribution is 2.29. The Morgan fingerprint density at radius 3 is 2.82 bits per heavy atom. The molecule has 0 radical (unpaired) electrons. The maximum absolute atomic E-state index is 13.0. The zero-order chi connectivity index (χ0) is 23.2. The number of nitrogens with zero attached hydrogens (tertiary/aromatic N) is 2. The van der Waals surface area contributed by atoms with Crippen LogP contribution in [0.4, 0.5) is 9.93 Å². The second kappa shape index (κ2) is 7.79. The van der Waals surface area contributed by atoms with E-state index < -0.39 is 17.5 Å². The number of thiazole rings is 1. The minimum Gasteiger partial charge on any atom is -0.497 e. The molecule has 33 heavy (non-hydrogen) atoms. The number of rotatable bonds is 4. The predicted molar refractivity (Wildman–Crippen MR) is 123 cm³/mol. The van der Waals surface area contributed by atoms with Gasteiger partial charge in [-0.2, -0.15) is 0 Å². The molecule has 1 saturated heterocycles. The van der Waals surface area contributed by atoms with Crippen LogP contribution in [-0.4, -0.2) is 54.0 Å². The molecule has 4 amide bonds. The molecule has 2 aliphatic heterocycles. The molecule has 10 heteroatoms. The molecule has 0 spiro atoms. The summed E-state index contributed by atoms with van der Waals surface area (Å²) in [6.07, 6.45) is 0. The van der Waals surface area contributed by atoms with E-state index in [1.54, 1.807) is 25.2 Å². The summed E-state index contributed by atoms with van der Waals surface area (Å²) in [5.74, 6) is 5.67. The van der Waals surface area contributed by atoms with Crippen LogP contribution in [0, 0.1) is 11.8 Å². The third-order valence-electron chi connectivity index (χ3n) is 5.59. The second-order valence-corrected chi connectivity index (χ2v) is 8.73. The number of hydrogen-bond acceptors (Lipinski definition) is 7. The Morgan fingerprint density at radius 1 is 1.24 bits per heavy atom. The van der Waals surface area contributed by atoms with E-state index in [1.165, 1.54) is 23.3 Å². The van der Waals surface area contributed by atoms with Gasteiger partial charge in [-0.15, -0.1) is 0 Å². The lowest BCUT2D eigenvalue weighted by Crippen LogP contribution is -2.54. The first-order valence-electron chi connectivity index (χ1n) is 10.1. The summed E-state index contributed by atoms with van der Waals surface area (Å²) in [6, 6.07) is 10.2. The largest absolute Gasteiger partial charge is 0.497 e. The smallest absolute Gasteiger partial charge is 0.323 e. The van der Waals surface area contributed by atoms with Crippen LogP contribution in [0.2, 0.25) is 0 Å². The summed E-state index contributed by atoms with van der Waals surface area (Å²) in [5, 5.41) is 8.67. The molecule has 3 heterocycles. The van der Waals surface area contributed by atoms with Gasteiger partial charge in [-0.05, 0) is 35.9 Å². The standard InChI is InChI=1S/C23H19N5O4S/c1-24-22-25-17-6-3-13(9-18(17)33-22)7-8-23(20(30)26-21(31)27-23)12-28-11-14-4-5-15(32-2)10-16(14)19(28)29/h3-6,9-10H,11-12H2,1-2H3,(H,24,25)(H2,26,27,30,31)/t23-/m1/s1. The first-order valence-corrected chi connectivity index (χ1v) is 10.9. The molecule has 166 valence electrons. The molecule has 1 aromatic heterocycles. The maximum atomic E-state index is 13.0. The summed E-state index contributed by atoms with van der Waals surface area (Å²) in [7, 11) is 3.34. The fourth-order valence-electron chi connectivity index (χ4n) is 3.90. The molecule has 1 atom stereocenters. The number of urea groups is 1. The zero-order valence-electron chi connectivity index (χ0n) is 17.8. The number of hydrogen-bond donors (Lipinski definition) is 3. The monoisotopic (exact) mass is 461 g/mol. The van der Waals surface area contributed by atoms with Crippen molar-refractivity contribution in [3.8, 4) is 17.6 Å². The van der Waals surface area contributed by atoms with Crippen molar-refractivity contribution in [1.29, 1.82) is 0 Å². The highest BCUT2D eigenvalue weighted by molar-refractivity contribution is 7.22. The van der Waals surface area contributed by atoms with Gasteiger partial charge in [-0.1, -0.05) is 29.2 Å². The first-order chi connectivity index (χ1) is 15.9. The Morgan fingerprint density at radius 2 is 2.09 bits per heavy atom. The summed E-state index contributed by atoms with van der Waals surface area (Å²) < 4.78 is 6.16. The number of imide groups is 1. The van der Waals surface area contributed by atoms with Gasteiger partial charge in [0.25, 0.3) is 11.8 Å². The molecule has 0 aliphatic carbocycles. The maximum Gasteiger partial charge on any atom is 0.323 e. The number of amides is 4. The SMILES string of the molecule is CNc1nc2ccc(C#C[C@]3(CN4Cc5ccc(OC)cc5C4=O)NC(=O)NC3=O)cc2s1. The summed E-state index contributed by atoms with van der Waals surface area (Å²) in [4.78, 5) is 43.7. The number of fused-ring (bicyclic) bond motifs is 2. The van der Waals surface area contributed by atoms with E-state index in [-0.39, 0.29) is 12.5 Å². The van der Waals surface area contributed by atoms with E-state index >= 15 is 0 Å². The van der Waals surface area contributed by atoms with Crippen molar-refractivity contribution >= 4 is 44.5 Å². The minimum atomic E-state index is -1.56. The Hall–Kier alpha value is -4.10. The molecular weight excluding hydrogens is 442 g/mol. The average Bonchev–Trinajstić information content (AvgIpc) is 3.45. The van der Waals surface area contributed by atoms with E-state index in [0.717, 1.165) is 20.9 Å². The molecule has 3 aromatic rings. The van der Waals surface area contributed by atoms with Gasteiger partial charge < -0.3 is 20.3 Å². The third-order valence-corrected chi connectivity index (χ3v) is 6.62. The van der Waals surface area contributed by atoms with Crippen LogP contribution in [0.5, 0.6) is 5.75 Å². The lowest BCUT2D eigenvalue weighted by atomic mass is 9.99.